The number of hydrogen-bond donors (Lipinski definition) is 1. The number of aliphatic hydroxyl groups excluding tert-OH is 1. The topological polar surface area (TPSA) is 47.3 Å². The third-order valence-electron chi connectivity index (χ3n) is 2.84. The molecule has 2 rings (SSSR count). The number of aliphatic hydroxyl groups is 1. The highest BCUT2D eigenvalue weighted by Gasteiger charge is 2.08. The summed E-state index contributed by atoms with van der Waals surface area (Å²) in [7, 11) is 1.85. The number of ether oxygens (including phenoxy) is 1. The molecule has 0 saturated carbocycles. The maximum absolute atomic E-state index is 13.7. The van der Waals surface area contributed by atoms with Crippen molar-refractivity contribution in [3.63, 3.8) is 0 Å². The van der Waals surface area contributed by atoms with E-state index in [1.54, 1.807) is 29.9 Å². The van der Waals surface area contributed by atoms with Gasteiger partial charge in [0.05, 0.1) is 18.9 Å². The minimum absolute atomic E-state index is 0.202. The first-order valence-corrected chi connectivity index (χ1v) is 6.14. The zero-order valence-corrected chi connectivity index (χ0v) is 11.0. The van der Waals surface area contributed by atoms with Crippen molar-refractivity contribution in [1.29, 1.82) is 0 Å². The molecule has 1 heterocycles. The molecule has 0 amide bonds. The maximum Gasteiger partial charge on any atom is 0.165 e. The van der Waals surface area contributed by atoms with E-state index in [1.165, 1.54) is 6.07 Å². The summed E-state index contributed by atoms with van der Waals surface area (Å²) in [5.41, 5.74) is 1.58. The first-order valence-electron chi connectivity index (χ1n) is 6.14. The minimum Gasteiger partial charge on any atom is -0.490 e. The summed E-state index contributed by atoms with van der Waals surface area (Å²) in [4.78, 5) is 0. The molecule has 1 aromatic carbocycles. The van der Waals surface area contributed by atoms with Crippen LogP contribution in [0.1, 0.15) is 24.2 Å². The van der Waals surface area contributed by atoms with Crippen LogP contribution >= 0.6 is 0 Å². The molecular weight excluding hydrogens is 247 g/mol. The Morgan fingerprint density at radius 3 is 2.84 bits per heavy atom. The second-order valence-corrected chi connectivity index (χ2v) is 4.49. The van der Waals surface area contributed by atoms with Crippen molar-refractivity contribution in [3.8, 4) is 5.75 Å². The number of aromatic nitrogens is 2. The number of benzene rings is 1. The molecule has 0 bridgehead atoms. The average molecular weight is 264 g/mol. The van der Waals surface area contributed by atoms with Gasteiger partial charge in [-0.05, 0) is 30.2 Å². The Labute approximate surface area is 111 Å². The first kappa shape index (κ1) is 13.5. The van der Waals surface area contributed by atoms with Crippen molar-refractivity contribution in [2.24, 2.45) is 7.05 Å². The number of hydrogen-bond acceptors (Lipinski definition) is 3. The van der Waals surface area contributed by atoms with E-state index in [0.29, 0.717) is 18.6 Å². The van der Waals surface area contributed by atoms with Crippen LogP contribution in [0.2, 0.25) is 0 Å². The van der Waals surface area contributed by atoms with Crippen molar-refractivity contribution < 1.29 is 14.2 Å². The van der Waals surface area contributed by atoms with E-state index in [-0.39, 0.29) is 5.75 Å². The molecule has 0 saturated heterocycles. The van der Waals surface area contributed by atoms with Crippen LogP contribution in [0.25, 0.3) is 0 Å². The monoisotopic (exact) mass is 264 g/mol. The SMILES string of the molecule is CC(O)c1ccc(OCCc2cnn(C)c2)c(F)c1. The highest BCUT2D eigenvalue weighted by atomic mass is 19.1. The predicted molar refractivity (Wildman–Crippen MR) is 69.4 cm³/mol. The second-order valence-electron chi connectivity index (χ2n) is 4.49. The molecule has 0 aliphatic carbocycles. The van der Waals surface area contributed by atoms with Crippen molar-refractivity contribution in [1.82, 2.24) is 9.78 Å². The molecule has 1 N–H and O–H groups in total. The zero-order chi connectivity index (χ0) is 13.8. The van der Waals surface area contributed by atoms with Gasteiger partial charge in [0, 0.05) is 19.7 Å². The first-order chi connectivity index (χ1) is 9.06. The van der Waals surface area contributed by atoms with Crippen molar-refractivity contribution in [2.75, 3.05) is 6.61 Å². The molecule has 2 aromatic rings. The summed E-state index contributed by atoms with van der Waals surface area (Å²) in [6.45, 7) is 1.98. The fourth-order valence-corrected chi connectivity index (χ4v) is 1.77. The number of rotatable bonds is 5. The summed E-state index contributed by atoms with van der Waals surface area (Å²) >= 11 is 0. The van der Waals surface area contributed by atoms with E-state index in [4.69, 9.17) is 4.74 Å². The Balaban J connectivity index is 1.92. The lowest BCUT2D eigenvalue weighted by molar-refractivity contribution is 0.198. The quantitative estimate of drug-likeness (QED) is 0.901. The molecule has 0 aliphatic rings. The normalized spacial score (nSPS) is 12.4. The van der Waals surface area contributed by atoms with Crippen LogP contribution < -0.4 is 4.74 Å². The number of aryl methyl sites for hydroxylation is 1. The Kier molecular flexibility index (Phi) is 4.16. The highest BCUT2D eigenvalue weighted by molar-refractivity contribution is 5.30. The third-order valence-corrected chi connectivity index (χ3v) is 2.84. The van der Waals surface area contributed by atoms with Gasteiger partial charge in [0.2, 0.25) is 0 Å². The lowest BCUT2D eigenvalue weighted by atomic mass is 10.1. The van der Waals surface area contributed by atoms with Gasteiger partial charge in [0.25, 0.3) is 0 Å². The van der Waals surface area contributed by atoms with Crippen LogP contribution in [-0.2, 0) is 13.5 Å². The molecule has 0 fully saturated rings. The summed E-state index contributed by atoms with van der Waals surface area (Å²) in [6.07, 6.45) is 3.65. The van der Waals surface area contributed by atoms with E-state index in [1.807, 2.05) is 13.2 Å². The van der Waals surface area contributed by atoms with Crippen molar-refractivity contribution >= 4 is 0 Å². The average Bonchev–Trinajstić information content (AvgIpc) is 2.77. The molecule has 19 heavy (non-hydrogen) atoms. The molecule has 1 aromatic heterocycles. The van der Waals surface area contributed by atoms with Crippen LogP contribution in [0.4, 0.5) is 4.39 Å². The van der Waals surface area contributed by atoms with Gasteiger partial charge in [-0.15, -0.1) is 0 Å². The minimum atomic E-state index is -0.682. The molecule has 4 nitrogen and oxygen atoms in total. The van der Waals surface area contributed by atoms with Gasteiger partial charge < -0.3 is 9.84 Å². The van der Waals surface area contributed by atoms with Gasteiger partial charge in [-0.25, -0.2) is 4.39 Å². The van der Waals surface area contributed by atoms with Crippen molar-refractivity contribution in [3.05, 3.63) is 47.5 Å². The van der Waals surface area contributed by atoms with E-state index in [9.17, 15) is 9.50 Å². The van der Waals surface area contributed by atoms with Gasteiger partial charge in [-0.3, -0.25) is 4.68 Å². The molecule has 1 unspecified atom stereocenters. The fraction of sp³-hybridized carbons (Fsp3) is 0.357. The number of halogens is 1. The molecule has 0 spiro atoms. The summed E-state index contributed by atoms with van der Waals surface area (Å²) in [5.74, 6) is -0.252. The van der Waals surface area contributed by atoms with E-state index >= 15 is 0 Å². The maximum atomic E-state index is 13.7. The van der Waals surface area contributed by atoms with Crippen LogP contribution in [-0.4, -0.2) is 21.5 Å². The molecule has 5 heteroatoms. The van der Waals surface area contributed by atoms with E-state index in [2.05, 4.69) is 5.10 Å². The third kappa shape index (κ3) is 3.54. The van der Waals surface area contributed by atoms with Gasteiger partial charge in [0.1, 0.15) is 0 Å². The zero-order valence-electron chi connectivity index (χ0n) is 11.0. The standard InChI is InChI=1S/C14H17FN2O2/c1-10(18)12-3-4-14(13(15)7-12)19-6-5-11-8-16-17(2)9-11/h3-4,7-10,18H,5-6H2,1-2H3. The second kappa shape index (κ2) is 5.84. The molecule has 0 radical (unpaired) electrons. The van der Waals surface area contributed by atoms with Gasteiger partial charge >= 0.3 is 0 Å². The van der Waals surface area contributed by atoms with E-state index < -0.39 is 11.9 Å². The van der Waals surface area contributed by atoms with Crippen LogP contribution in [0.5, 0.6) is 5.75 Å². The molecule has 1 atom stereocenters. The summed E-state index contributed by atoms with van der Waals surface area (Å²) in [5, 5.41) is 13.4. The highest BCUT2D eigenvalue weighted by Crippen LogP contribution is 2.22. The largest absolute Gasteiger partial charge is 0.490 e. The predicted octanol–water partition coefficient (Wildman–Crippen LogP) is 2.23. The lowest BCUT2D eigenvalue weighted by Gasteiger charge is -2.09. The van der Waals surface area contributed by atoms with Gasteiger partial charge in [-0.2, -0.15) is 5.10 Å². The Hall–Kier alpha value is -1.88. The molecule has 102 valence electrons. The van der Waals surface area contributed by atoms with Crippen molar-refractivity contribution in [2.45, 2.75) is 19.4 Å². The van der Waals surface area contributed by atoms with Gasteiger partial charge in [0.15, 0.2) is 11.6 Å². The molecule has 0 aliphatic heterocycles. The Bertz CT molecular complexity index is 552. The van der Waals surface area contributed by atoms with Gasteiger partial charge in [-0.1, -0.05) is 6.07 Å². The van der Waals surface area contributed by atoms with Crippen LogP contribution in [0.3, 0.4) is 0 Å². The fourth-order valence-electron chi connectivity index (χ4n) is 1.77. The molecular formula is C14H17FN2O2. The Morgan fingerprint density at radius 1 is 1.47 bits per heavy atom. The smallest absolute Gasteiger partial charge is 0.165 e. The van der Waals surface area contributed by atoms with Crippen LogP contribution in [0, 0.1) is 5.82 Å². The Morgan fingerprint density at radius 2 is 2.26 bits per heavy atom. The summed E-state index contributed by atoms with van der Waals surface area (Å²) in [6, 6.07) is 4.50. The number of nitrogens with zero attached hydrogens (tertiary/aromatic N) is 2. The van der Waals surface area contributed by atoms with Crippen LogP contribution in [0.15, 0.2) is 30.6 Å². The summed E-state index contributed by atoms with van der Waals surface area (Å²) < 4.78 is 20.8. The van der Waals surface area contributed by atoms with E-state index in [0.717, 1.165) is 5.56 Å². The lowest BCUT2D eigenvalue weighted by Crippen LogP contribution is -2.03.